The molecule has 3 nitrogen and oxygen atoms in total. The molecule has 2 N–H and O–H groups in total. The lowest BCUT2D eigenvalue weighted by molar-refractivity contribution is -0.121. The largest absolute Gasteiger partial charge is 0.325 e. The van der Waals surface area contributed by atoms with Crippen LogP contribution in [0.4, 0.5) is 5.69 Å². The van der Waals surface area contributed by atoms with Crippen molar-refractivity contribution in [3.05, 3.63) is 28.8 Å². The number of aryl methyl sites for hydroxylation is 2. The van der Waals surface area contributed by atoms with Crippen LogP contribution in [0.1, 0.15) is 29.5 Å². The van der Waals surface area contributed by atoms with E-state index in [0.717, 1.165) is 31.6 Å². The number of benzene rings is 1. The molecule has 1 atom stereocenters. The number of hydrogen-bond donors (Lipinski definition) is 2. The third-order valence-corrected chi connectivity index (χ3v) is 4.03. The average molecular weight is 230 g/mol. The molecule has 17 heavy (non-hydrogen) atoms. The SMILES string of the molecule is Cc1cc(C)c2c(c1)NC(=O)C21CCCNC1. The number of hydrogen-bond acceptors (Lipinski definition) is 2. The van der Waals surface area contributed by atoms with Gasteiger partial charge in [0.25, 0.3) is 0 Å². The molecule has 0 saturated carbocycles. The Morgan fingerprint density at radius 1 is 1.29 bits per heavy atom. The normalized spacial score (nSPS) is 27.1. The summed E-state index contributed by atoms with van der Waals surface area (Å²) in [5.41, 5.74) is 4.38. The van der Waals surface area contributed by atoms with Gasteiger partial charge in [-0.05, 0) is 56.0 Å². The van der Waals surface area contributed by atoms with Crippen LogP contribution in [0.25, 0.3) is 0 Å². The Kier molecular flexibility index (Phi) is 2.26. The third kappa shape index (κ3) is 1.42. The number of anilines is 1. The molecule has 0 aliphatic carbocycles. The molecule has 2 aliphatic rings. The van der Waals surface area contributed by atoms with Crippen molar-refractivity contribution in [2.75, 3.05) is 18.4 Å². The van der Waals surface area contributed by atoms with Gasteiger partial charge in [-0.15, -0.1) is 0 Å². The Morgan fingerprint density at radius 3 is 2.82 bits per heavy atom. The van der Waals surface area contributed by atoms with Crippen molar-refractivity contribution < 1.29 is 4.79 Å². The molecule has 2 heterocycles. The number of piperidine rings is 1. The molecule has 1 aromatic carbocycles. The molecular weight excluding hydrogens is 212 g/mol. The topological polar surface area (TPSA) is 41.1 Å². The van der Waals surface area contributed by atoms with E-state index < -0.39 is 0 Å². The van der Waals surface area contributed by atoms with E-state index in [2.05, 4.69) is 36.6 Å². The second-order valence-corrected chi connectivity index (χ2v) is 5.32. The van der Waals surface area contributed by atoms with Crippen molar-refractivity contribution >= 4 is 11.6 Å². The van der Waals surface area contributed by atoms with E-state index in [9.17, 15) is 4.79 Å². The second kappa shape index (κ2) is 3.57. The zero-order valence-electron chi connectivity index (χ0n) is 10.4. The summed E-state index contributed by atoms with van der Waals surface area (Å²) in [5, 5.41) is 6.43. The van der Waals surface area contributed by atoms with E-state index in [-0.39, 0.29) is 11.3 Å². The predicted octanol–water partition coefficient (Wildman–Crippen LogP) is 1.88. The highest BCUT2D eigenvalue weighted by molar-refractivity contribution is 6.07. The van der Waals surface area contributed by atoms with Gasteiger partial charge in [0.05, 0.1) is 5.41 Å². The van der Waals surface area contributed by atoms with Gasteiger partial charge in [-0.25, -0.2) is 0 Å². The van der Waals surface area contributed by atoms with Gasteiger partial charge in [0, 0.05) is 12.2 Å². The monoisotopic (exact) mass is 230 g/mol. The number of amides is 1. The molecule has 1 amide bonds. The third-order valence-electron chi connectivity index (χ3n) is 4.03. The van der Waals surface area contributed by atoms with Crippen molar-refractivity contribution in [3.63, 3.8) is 0 Å². The van der Waals surface area contributed by atoms with E-state index in [1.807, 2.05) is 0 Å². The van der Waals surface area contributed by atoms with Gasteiger partial charge in [-0.1, -0.05) is 6.07 Å². The van der Waals surface area contributed by atoms with Gasteiger partial charge >= 0.3 is 0 Å². The van der Waals surface area contributed by atoms with E-state index in [1.165, 1.54) is 16.7 Å². The predicted molar refractivity (Wildman–Crippen MR) is 68.3 cm³/mol. The molecule has 1 saturated heterocycles. The summed E-state index contributed by atoms with van der Waals surface area (Å²) in [6, 6.07) is 4.26. The van der Waals surface area contributed by atoms with E-state index in [0.29, 0.717) is 0 Å². The molecule has 1 fully saturated rings. The molecule has 90 valence electrons. The van der Waals surface area contributed by atoms with Crippen molar-refractivity contribution in [2.45, 2.75) is 32.1 Å². The molecule has 1 spiro atoms. The summed E-state index contributed by atoms with van der Waals surface area (Å²) in [6.45, 7) is 5.98. The minimum Gasteiger partial charge on any atom is -0.325 e. The number of carbonyl (C=O) groups is 1. The standard InChI is InChI=1S/C14H18N2O/c1-9-6-10(2)12-11(7-9)16-13(17)14(12)4-3-5-15-8-14/h6-7,15H,3-5,8H2,1-2H3,(H,16,17). The van der Waals surface area contributed by atoms with Crippen LogP contribution in [-0.4, -0.2) is 19.0 Å². The Hall–Kier alpha value is -1.35. The summed E-state index contributed by atoms with van der Waals surface area (Å²) in [6.07, 6.45) is 2.03. The first kappa shape index (κ1) is 10.8. The maximum Gasteiger partial charge on any atom is 0.236 e. The summed E-state index contributed by atoms with van der Waals surface area (Å²) in [4.78, 5) is 12.3. The number of nitrogens with one attached hydrogen (secondary N) is 2. The Bertz CT molecular complexity index is 487. The second-order valence-electron chi connectivity index (χ2n) is 5.32. The molecule has 0 aromatic heterocycles. The summed E-state index contributed by atoms with van der Waals surface area (Å²) < 4.78 is 0. The average Bonchev–Trinajstić information content (AvgIpc) is 2.53. The molecule has 3 heteroatoms. The lowest BCUT2D eigenvalue weighted by Gasteiger charge is -2.33. The zero-order valence-corrected chi connectivity index (χ0v) is 10.4. The van der Waals surface area contributed by atoms with E-state index in [1.54, 1.807) is 0 Å². The first-order valence-electron chi connectivity index (χ1n) is 6.27. The maximum absolute atomic E-state index is 12.3. The fourth-order valence-corrected chi connectivity index (χ4v) is 3.37. The van der Waals surface area contributed by atoms with Gasteiger partial charge in [0.2, 0.25) is 5.91 Å². The first-order valence-corrected chi connectivity index (χ1v) is 6.27. The number of carbonyl (C=O) groups excluding carboxylic acids is 1. The van der Waals surface area contributed by atoms with E-state index >= 15 is 0 Å². The lowest BCUT2D eigenvalue weighted by atomic mass is 9.74. The number of rotatable bonds is 0. The Labute approximate surface area is 102 Å². The molecule has 0 bridgehead atoms. The Balaban J connectivity index is 2.18. The molecule has 1 aromatic rings. The van der Waals surface area contributed by atoms with Gasteiger partial charge in [0.15, 0.2) is 0 Å². The van der Waals surface area contributed by atoms with Crippen LogP contribution in [0.5, 0.6) is 0 Å². The van der Waals surface area contributed by atoms with Gasteiger partial charge in [-0.3, -0.25) is 4.79 Å². The summed E-state index contributed by atoms with van der Waals surface area (Å²) >= 11 is 0. The van der Waals surface area contributed by atoms with Crippen LogP contribution in [0, 0.1) is 13.8 Å². The van der Waals surface area contributed by atoms with E-state index in [4.69, 9.17) is 0 Å². The molecule has 2 aliphatic heterocycles. The number of fused-ring (bicyclic) bond motifs is 2. The quantitative estimate of drug-likeness (QED) is 0.714. The van der Waals surface area contributed by atoms with Crippen LogP contribution >= 0.6 is 0 Å². The molecule has 3 rings (SSSR count). The lowest BCUT2D eigenvalue weighted by Crippen LogP contribution is -2.48. The highest BCUT2D eigenvalue weighted by atomic mass is 16.2. The zero-order chi connectivity index (χ0) is 12.0. The molecular formula is C14H18N2O. The van der Waals surface area contributed by atoms with Crippen molar-refractivity contribution in [1.82, 2.24) is 5.32 Å². The van der Waals surface area contributed by atoms with Gasteiger partial charge < -0.3 is 10.6 Å². The van der Waals surface area contributed by atoms with Crippen LogP contribution in [0.2, 0.25) is 0 Å². The summed E-state index contributed by atoms with van der Waals surface area (Å²) in [5.74, 6) is 0.174. The van der Waals surface area contributed by atoms with Crippen LogP contribution in [-0.2, 0) is 10.2 Å². The molecule has 1 unspecified atom stereocenters. The van der Waals surface area contributed by atoms with Crippen LogP contribution in [0.3, 0.4) is 0 Å². The molecule has 0 radical (unpaired) electrons. The Morgan fingerprint density at radius 2 is 2.12 bits per heavy atom. The fraction of sp³-hybridized carbons (Fsp3) is 0.500. The fourth-order valence-electron chi connectivity index (χ4n) is 3.37. The minimum atomic E-state index is -0.314. The first-order chi connectivity index (χ1) is 8.13. The highest BCUT2D eigenvalue weighted by Gasteiger charge is 2.48. The maximum atomic E-state index is 12.3. The van der Waals surface area contributed by atoms with Gasteiger partial charge in [0.1, 0.15) is 0 Å². The van der Waals surface area contributed by atoms with Crippen molar-refractivity contribution in [2.24, 2.45) is 0 Å². The summed E-state index contributed by atoms with van der Waals surface area (Å²) in [7, 11) is 0. The minimum absolute atomic E-state index is 0.174. The van der Waals surface area contributed by atoms with Crippen LogP contribution < -0.4 is 10.6 Å². The van der Waals surface area contributed by atoms with Crippen molar-refractivity contribution in [1.29, 1.82) is 0 Å². The van der Waals surface area contributed by atoms with Crippen LogP contribution in [0.15, 0.2) is 12.1 Å². The highest BCUT2D eigenvalue weighted by Crippen LogP contribution is 2.44. The smallest absolute Gasteiger partial charge is 0.236 e. The van der Waals surface area contributed by atoms with Gasteiger partial charge in [-0.2, -0.15) is 0 Å². The van der Waals surface area contributed by atoms with Crippen molar-refractivity contribution in [3.8, 4) is 0 Å².